The molecule has 0 unspecified atom stereocenters. The Morgan fingerprint density at radius 2 is 1.77 bits per heavy atom. The Hall–Kier alpha value is -2.57. The van der Waals surface area contributed by atoms with Gasteiger partial charge in [0.2, 0.25) is 0 Å². The van der Waals surface area contributed by atoms with E-state index in [0.717, 1.165) is 16.9 Å². The molecule has 0 aromatic heterocycles. The summed E-state index contributed by atoms with van der Waals surface area (Å²) in [4.78, 5) is 11.9. The molecule has 6 nitrogen and oxygen atoms in total. The molecule has 1 atom stereocenters. The molecule has 0 aliphatic carbocycles. The summed E-state index contributed by atoms with van der Waals surface area (Å²) in [5.41, 5.74) is 2.11. The Bertz CT molecular complexity index is 647. The summed E-state index contributed by atoms with van der Waals surface area (Å²) in [7, 11) is 0. The minimum absolute atomic E-state index is 0.0641. The molecule has 0 fully saturated rings. The van der Waals surface area contributed by atoms with Crippen molar-refractivity contribution in [2.45, 2.75) is 13.0 Å². The second-order valence-electron chi connectivity index (χ2n) is 5.79. The summed E-state index contributed by atoms with van der Waals surface area (Å²) in [6, 6.07) is 17.1. The van der Waals surface area contributed by atoms with Gasteiger partial charge in [-0.2, -0.15) is 0 Å². The SMILES string of the molecule is Cc1ccc([C@@H](CNC(=O)NCCOc2ccccc2)OCCO)cc1. The summed E-state index contributed by atoms with van der Waals surface area (Å²) < 4.78 is 11.2. The first kappa shape index (κ1) is 19.8. The summed E-state index contributed by atoms with van der Waals surface area (Å²) in [6.45, 7) is 3.26. The quantitative estimate of drug-likeness (QED) is 0.570. The fourth-order valence-corrected chi connectivity index (χ4v) is 2.35. The van der Waals surface area contributed by atoms with E-state index in [2.05, 4.69) is 10.6 Å². The Labute approximate surface area is 154 Å². The first-order chi connectivity index (χ1) is 12.7. The van der Waals surface area contributed by atoms with Gasteiger partial charge in [-0.1, -0.05) is 48.0 Å². The van der Waals surface area contributed by atoms with Crippen molar-refractivity contribution in [2.24, 2.45) is 0 Å². The topological polar surface area (TPSA) is 79.8 Å². The summed E-state index contributed by atoms with van der Waals surface area (Å²) in [6.07, 6.45) is -0.311. The fraction of sp³-hybridized carbons (Fsp3) is 0.350. The van der Waals surface area contributed by atoms with Crippen LogP contribution >= 0.6 is 0 Å². The number of aliphatic hydroxyl groups is 1. The monoisotopic (exact) mass is 358 g/mol. The van der Waals surface area contributed by atoms with E-state index < -0.39 is 0 Å². The van der Waals surface area contributed by atoms with E-state index in [1.807, 2.05) is 61.5 Å². The lowest BCUT2D eigenvalue weighted by molar-refractivity contribution is 0.0294. The maximum Gasteiger partial charge on any atom is 0.315 e. The van der Waals surface area contributed by atoms with Crippen molar-refractivity contribution < 1.29 is 19.4 Å². The van der Waals surface area contributed by atoms with Gasteiger partial charge in [-0.05, 0) is 24.6 Å². The van der Waals surface area contributed by atoms with Crippen molar-refractivity contribution in [1.82, 2.24) is 10.6 Å². The second-order valence-corrected chi connectivity index (χ2v) is 5.79. The largest absolute Gasteiger partial charge is 0.492 e. The molecule has 0 bridgehead atoms. The molecule has 0 heterocycles. The lowest BCUT2D eigenvalue weighted by Crippen LogP contribution is -2.40. The van der Waals surface area contributed by atoms with Crippen molar-refractivity contribution in [3.63, 3.8) is 0 Å². The number of para-hydroxylation sites is 1. The first-order valence-corrected chi connectivity index (χ1v) is 8.67. The summed E-state index contributed by atoms with van der Waals surface area (Å²) >= 11 is 0. The molecule has 0 radical (unpaired) electrons. The van der Waals surface area contributed by atoms with Crippen LogP contribution in [0.25, 0.3) is 0 Å². The highest BCUT2D eigenvalue weighted by Crippen LogP contribution is 2.17. The molecule has 3 N–H and O–H groups in total. The number of hydrogen-bond acceptors (Lipinski definition) is 4. The smallest absolute Gasteiger partial charge is 0.315 e. The van der Waals surface area contributed by atoms with E-state index in [4.69, 9.17) is 14.6 Å². The van der Waals surface area contributed by atoms with E-state index in [0.29, 0.717) is 19.7 Å². The molecule has 2 rings (SSSR count). The minimum atomic E-state index is -0.311. The predicted molar refractivity (Wildman–Crippen MR) is 100 cm³/mol. The zero-order chi connectivity index (χ0) is 18.6. The summed E-state index contributed by atoms with van der Waals surface area (Å²) in [5, 5.41) is 14.5. The molecule has 0 aliphatic heterocycles. The van der Waals surface area contributed by atoms with Crippen molar-refractivity contribution in [1.29, 1.82) is 0 Å². The van der Waals surface area contributed by atoms with Crippen molar-refractivity contribution >= 4 is 6.03 Å². The van der Waals surface area contributed by atoms with Gasteiger partial charge in [-0.3, -0.25) is 0 Å². The fourth-order valence-electron chi connectivity index (χ4n) is 2.35. The van der Waals surface area contributed by atoms with Crippen LogP contribution in [0.4, 0.5) is 4.79 Å². The standard InChI is InChI=1S/C20H26N2O4/c1-16-7-9-17(10-8-16)19(26-14-12-23)15-22-20(24)21-11-13-25-18-5-3-2-4-6-18/h2-10,19,23H,11-15H2,1H3,(H2,21,22,24)/t19-/m1/s1. The van der Waals surface area contributed by atoms with Gasteiger partial charge in [-0.25, -0.2) is 4.79 Å². The highest BCUT2D eigenvalue weighted by atomic mass is 16.5. The number of aliphatic hydroxyl groups excluding tert-OH is 1. The number of benzene rings is 2. The number of carbonyl (C=O) groups excluding carboxylic acids is 1. The normalized spacial score (nSPS) is 11.6. The third kappa shape index (κ3) is 7.13. The first-order valence-electron chi connectivity index (χ1n) is 8.67. The molecular weight excluding hydrogens is 332 g/mol. The Balaban J connectivity index is 1.72. The summed E-state index contributed by atoms with van der Waals surface area (Å²) in [5.74, 6) is 0.770. The average Bonchev–Trinajstić information content (AvgIpc) is 2.67. The molecular formula is C20H26N2O4. The van der Waals surface area contributed by atoms with Crippen LogP contribution in [0.3, 0.4) is 0 Å². The molecule has 0 spiro atoms. The van der Waals surface area contributed by atoms with Crippen molar-refractivity contribution in [2.75, 3.05) is 32.9 Å². The maximum absolute atomic E-state index is 11.9. The van der Waals surface area contributed by atoms with Crippen LogP contribution in [0.1, 0.15) is 17.2 Å². The van der Waals surface area contributed by atoms with E-state index in [1.165, 1.54) is 0 Å². The number of urea groups is 1. The maximum atomic E-state index is 11.9. The van der Waals surface area contributed by atoms with Crippen molar-refractivity contribution in [3.05, 3.63) is 65.7 Å². The zero-order valence-electron chi connectivity index (χ0n) is 15.0. The highest BCUT2D eigenvalue weighted by Gasteiger charge is 2.13. The number of amides is 2. The molecule has 2 aromatic carbocycles. The number of ether oxygens (including phenoxy) is 2. The lowest BCUT2D eigenvalue weighted by Gasteiger charge is -2.19. The van der Waals surface area contributed by atoms with Gasteiger partial charge in [0.05, 0.1) is 25.9 Å². The molecule has 0 saturated heterocycles. The molecule has 26 heavy (non-hydrogen) atoms. The zero-order valence-corrected chi connectivity index (χ0v) is 15.0. The molecule has 0 saturated carbocycles. The Morgan fingerprint density at radius 3 is 2.46 bits per heavy atom. The molecule has 140 valence electrons. The molecule has 2 amide bonds. The van der Waals surface area contributed by atoms with Crippen LogP contribution in [0, 0.1) is 6.92 Å². The third-order valence-corrected chi connectivity index (χ3v) is 3.71. The molecule has 6 heteroatoms. The average molecular weight is 358 g/mol. The Kier molecular flexibility index (Phi) is 8.45. The van der Waals surface area contributed by atoms with Gasteiger partial charge < -0.3 is 25.2 Å². The molecule has 0 aliphatic rings. The van der Waals surface area contributed by atoms with Crippen LogP contribution in [-0.2, 0) is 4.74 Å². The van der Waals surface area contributed by atoms with Gasteiger partial charge in [0.1, 0.15) is 12.4 Å². The van der Waals surface area contributed by atoms with Gasteiger partial charge in [0, 0.05) is 6.54 Å². The second kappa shape index (κ2) is 11.1. The lowest BCUT2D eigenvalue weighted by atomic mass is 10.1. The minimum Gasteiger partial charge on any atom is -0.492 e. The van der Waals surface area contributed by atoms with Crippen LogP contribution in [0.15, 0.2) is 54.6 Å². The number of aryl methyl sites for hydroxylation is 1. The van der Waals surface area contributed by atoms with E-state index in [1.54, 1.807) is 0 Å². The van der Waals surface area contributed by atoms with E-state index in [9.17, 15) is 4.79 Å². The van der Waals surface area contributed by atoms with Gasteiger partial charge in [-0.15, -0.1) is 0 Å². The Morgan fingerprint density at radius 1 is 1.04 bits per heavy atom. The predicted octanol–water partition coefficient (Wildman–Crippen LogP) is 2.42. The van der Waals surface area contributed by atoms with Crippen LogP contribution in [0.5, 0.6) is 5.75 Å². The number of carbonyl (C=O) groups is 1. The van der Waals surface area contributed by atoms with Crippen LogP contribution < -0.4 is 15.4 Å². The highest BCUT2D eigenvalue weighted by molar-refractivity contribution is 5.73. The number of hydrogen-bond donors (Lipinski definition) is 3. The number of rotatable bonds is 10. The van der Waals surface area contributed by atoms with Gasteiger partial charge in [0.15, 0.2) is 0 Å². The van der Waals surface area contributed by atoms with Crippen LogP contribution in [0.2, 0.25) is 0 Å². The van der Waals surface area contributed by atoms with Gasteiger partial charge in [0.25, 0.3) is 0 Å². The van der Waals surface area contributed by atoms with E-state index in [-0.39, 0.29) is 25.3 Å². The molecule has 2 aromatic rings. The van der Waals surface area contributed by atoms with Crippen molar-refractivity contribution in [3.8, 4) is 5.75 Å². The number of nitrogens with one attached hydrogen (secondary N) is 2. The van der Waals surface area contributed by atoms with Crippen LogP contribution in [-0.4, -0.2) is 44.0 Å². The van der Waals surface area contributed by atoms with E-state index >= 15 is 0 Å². The van der Waals surface area contributed by atoms with Gasteiger partial charge >= 0.3 is 6.03 Å². The third-order valence-electron chi connectivity index (χ3n) is 3.71.